The molecule has 1 aromatic rings. The Morgan fingerprint density at radius 1 is 1.57 bits per heavy atom. The first-order valence-corrected chi connectivity index (χ1v) is 5.96. The molecule has 1 heterocycles. The van der Waals surface area contributed by atoms with Gasteiger partial charge in [0.25, 0.3) is 0 Å². The largest absolute Gasteiger partial charge is 0.330 e. The average molecular weight is 210 g/mol. The number of nitrogens with zero attached hydrogens (tertiary/aromatic N) is 1. The Morgan fingerprint density at radius 3 is 3.00 bits per heavy atom. The van der Waals surface area contributed by atoms with Crippen LogP contribution in [0.25, 0.3) is 0 Å². The van der Waals surface area contributed by atoms with Crippen LogP contribution in [0.15, 0.2) is 23.4 Å². The van der Waals surface area contributed by atoms with E-state index >= 15 is 0 Å². The van der Waals surface area contributed by atoms with Gasteiger partial charge in [0.2, 0.25) is 0 Å². The molecule has 0 saturated carbocycles. The van der Waals surface area contributed by atoms with Crippen LogP contribution in [0.5, 0.6) is 0 Å². The molecule has 0 aliphatic carbocycles. The van der Waals surface area contributed by atoms with Gasteiger partial charge in [0.15, 0.2) is 0 Å². The van der Waals surface area contributed by atoms with Crippen LogP contribution in [-0.2, 0) is 6.42 Å². The van der Waals surface area contributed by atoms with Crippen LogP contribution in [0.1, 0.15) is 25.8 Å². The molecule has 0 aliphatic rings. The summed E-state index contributed by atoms with van der Waals surface area (Å²) in [6, 6.07) is 4.09. The smallest absolute Gasteiger partial charge is 0.0994 e. The molecular formula is C11H18N2S. The summed E-state index contributed by atoms with van der Waals surface area (Å²) in [6.45, 7) is 5.12. The van der Waals surface area contributed by atoms with Gasteiger partial charge in [-0.05, 0) is 31.0 Å². The van der Waals surface area contributed by atoms with Gasteiger partial charge in [0.1, 0.15) is 0 Å². The predicted molar refractivity (Wildman–Crippen MR) is 62.6 cm³/mol. The maximum absolute atomic E-state index is 5.56. The summed E-state index contributed by atoms with van der Waals surface area (Å²) in [5.41, 5.74) is 6.83. The van der Waals surface area contributed by atoms with Gasteiger partial charge in [-0.2, -0.15) is 0 Å². The number of nitrogens with two attached hydrogens (primary N) is 1. The van der Waals surface area contributed by atoms with Crippen molar-refractivity contribution in [2.45, 2.75) is 37.0 Å². The molecule has 2 nitrogen and oxygen atoms in total. The third-order valence-corrected chi connectivity index (χ3v) is 3.48. The van der Waals surface area contributed by atoms with E-state index in [1.807, 2.05) is 24.0 Å². The summed E-state index contributed by atoms with van der Waals surface area (Å²) in [7, 11) is 0. The summed E-state index contributed by atoms with van der Waals surface area (Å²) in [4.78, 5) is 4.39. The zero-order chi connectivity index (χ0) is 10.4. The summed E-state index contributed by atoms with van der Waals surface area (Å²) < 4.78 is 0. The second-order valence-electron chi connectivity index (χ2n) is 3.34. The van der Waals surface area contributed by atoms with Crippen molar-refractivity contribution in [3.63, 3.8) is 0 Å². The lowest BCUT2D eigenvalue weighted by Gasteiger charge is -2.10. The molecule has 0 radical (unpaired) electrons. The molecule has 0 bridgehead atoms. The van der Waals surface area contributed by atoms with Gasteiger partial charge >= 0.3 is 0 Å². The predicted octanol–water partition coefficient (Wildman–Crippen LogP) is 2.47. The topological polar surface area (TPSA) is 38.9 Å². The van der Waals surface area contributed by atoms with Gasteiger partial charge < -0.3 is 5.73 Å². The van der Waals surface area contributed by atoms with Crippen molar-refractivity contribution in [1.82, 2.24) is 4.98 Å². The van der Waals surface area contributed by atoms with E-state index in [-0.39, 0.29) is 0 Å². The SMILES string of the molecule is CCC(C)Sc1ncccc1CCN. The van der Waals surface area contributed by atoms with Crippen molar-refractivity contribution in [3.8, 4) is 0 Å². The Bertz CT molecular complexity index is 276. The van der Waals surface area contributed by atoms with Gasteiger partial charge in [-0.1, -0.05) is 19.9 Å². The number of aromatic nitrogens is 1. The molecule has 0 amide bonds. The van der Waals surface area contributed by atoms with Crippen LogP contribution in [0.4, 0.5) is 0 Å². The maximum atomic E-state index is 5.56. The van der Waals surface area contributed by atoms with E-state index in [9.17, 15) is 0 Å². The summed E-state index contributed by atoms with van der Waals surface area (Å²) in [6.07, 6.45) is 3.95. The highest BCUT2D eigenvalue weighted by Gasteiger charge is 2.07. The molecule has 1 aromatic heterocycles. The molecule has 78 valence electrons. The Morgan fingerprint density at radius 2 is 2.36 bits per heavy atom. The standard InChI is InChI=1S/C11H18N2S/c1-3-9(2)14-11-10(6-7-12)5-4-8-13-11/h4-5,8-9H,3,6-7,12H2,1-2H3. The summed E-state index contributed by atoms with van der Waals surface area (Å²) in [5.74, 6) is 0. The third kappa shape index (κ3) is 3.31. The molecule has 2 N–H and O–H groups in total. The molecular weight excluding hydrogens is 192 g/mol. The zero-order valence-electron chi connectivity index (χ0n) is 8.86. The molecule has 14 heavy (non-hydrogen) atoms. The molecule has 1 atom stereocenters. The molecule has 1 rings (SSSR count). The molecule has 3 heteroatoms. The van der Waals surface area contributed by atoms with Gasteiger partial charge in [-0.3, -0.25) is 0 Å². The molecule has 0 saturated heterocycles. The van der Waals surface area contributed by atoms with E-state index in [0.29, 0.717) is 11.8 Å². The van der Waals surface area contributed by atoms with Crippen molar-refractivity contribution in [2.24, 2.45) is 5.73 Å². The fourth-order valence-corrected chi connectivity index (χ4v) is 2.14. The highest BCUT2D eigenvalue weighted by molar-refractivity contribution is 7.99. The van der Waals surface area contributed by atoms with Crippen molar-refractivity contribution in [3.05, 3.63) is 23.9 Å². The highest BCUT2D eigenvalue weighted by atomic mass is 32.2. The number of hydrogen-bond donors (Lipinski definition) is 1. The normalized spacial score (nSPS) is 12.8. The Labute approximate surface area is 90.3 Å². The van der Waals surface area contributed by atoms with E-state index in [1.54, 1.807) is 0 Å². The monoisotopic (exact) mass is 210 g/mol. The van der Waals surface area contributed by atoms with E-state index < -0.39 is 0 Å². The van der Waals surface area contributed by atoms with Crippen LogP contribution < -0.4 is 5.73 Å². The first-order valence-electron chi connectivity index (χ1n) is 5.08. The minimum absolute atomic E-state index is 0.626. The first kappa shape index (κ1) is 11.5. The van der Waals surface area contributed by atoms with Crippen LogP contribution in [0, 0.1) is 0 Å². The average Bonchev–Trinajstić information content (AvgIpc) is 2.21. The highest BCUT2D eigenvalue weighted by Crippen LogP contribution is 2.26. The summed E-state index contributed by atoms with van der Waals surface area (Å²) in [5, 5.41) is 1.77. The third-order valence-electron chi connectivity index (χ3n) is 2.15. The molecule has 0 spiro atoms. The quantitative estimate of drug-likeness (QED) is 0.759. The van der Waals surface area contributed by atoms with Crippen LogP contribution >= 0.6 is 11.8 Å². The lowest BCUT2D eigenvalue weighted by Crippen LogP contribution is -2.05. The number of thioether (sulfide) groups is 1. The fourth-order valence-electron chi connectivity index (χ4n) is 1.15. The number of pyridine rings is 1. The molecule has 0 aliphatic heterocycles. The molecule has 1 unspecified atom stereocenters. The van der Waals surface area contributed by atoms with Crippen LogP contribution in [-0.4, -0.2) is 16.8 Å². The minimum atomic E-state index is 0.626. The first-order chi connectivity index (χ1) is 6.77. The maximum Gasteiger partial charge on any atom is 0.0994 e. The van der Waals surface area contributed by atoms with Crippen LogP contribution in [0.2, 0.25) is 0 Å². The lowest BCUT2D eigenvalue weighted by molar-refractivity contribution is 0.881. The van der Waals surface area contributed by atoms with Gasteiger partial charge in [0.05, 0.1) is 5.03 Å². The molecule has 0 fully saturated rings. The Balaban J connectivity index is 2.73. The Hall–Kier alpha value is -0.540. The molecule has 0 aromatic carbocycles. The van der Waals surface area contributed by atoms with E-state index in [4.69, 9.17) is 5.73 Å². The van der Waals surface area contributed by atoms with Gasteiger partial charge in [-0.25, -0.2) is 4.98 Å². The van der Waals surface area contributed by atoms with E-state index in [0.717, 1.165) is 11.4 Å². The fraction of sp³-hybridized carbons (Fsp3) is 0.545. The van der Waals surface area contributed by atoms with Gasteiger partial charge in [-0.15, -0.1) is 11.8 Å². The Kier molecular flexibility index (Phi) is 4.98. The number of hydrogen-bond acceptors (Lipinski definition) is 3. The van der Waals surface area contributed by atoms with Crippen molar-refractivity contribution in [1.29, 1.82) is 0 Å². The zero-order valence-corrected chi connectivity index (χ0v) is 9.68. The number of rotatable bonds is 5. The second kappa shape index (κ2) is 6.04. The van der Waals surface area contributed by atoms with Crippen molar-refractivity contribution < 1.29 is 0 Å². The van der Waals surface area contributed by atoms with Gasteiger partial charge in [0, 0.05) is 11.4 Å². The van der Waals surface area contributed by atoms with Crippen LogP contribution in [0.3, 0.4) is 0 Å². The van der Waals surface area contributed by atoms with E-state index in [1.165, 1.54) is 12.0 Å². The second-order valence-corrected chi connectivity index (χ2v) is 4.77. The van der Waals surface area contributed by atoms with Crippen molar-refractivity contribution >= 4 is 11.8 Å². The lowest BCUT2D eigenvalue weighted by atomic mass is 10.2. The van der Waals surface area contributed by atoms with E-state index in [2.05, 4.69) is 24.9 Å². The van der Waals surface area contributed by atoms with Crippen molar-refractivity contribution in [2.75, 3.05) is 6.54 Å². The summed E-state index contributed by atoms with van der Waals surface area (Å²) >= 11 is 1.84. The minimum Gasteiger partial charge on any atom is -0.330 e.